The Morgan fingerprint density at radius 3 is 2.81 bits per heavy atom. The van der Waals surface area contributed by atoms with E-state index >= 15 is 0 Å². The number of rotatable bonds is 2. The zero-order valence-corrected chi connectivity index (χ0v) is 10.5. The Balaban J connectivity index is 2.26. The third-order valence-electron chi connectivity index (χ3n) is 3.52. The van der Waals surface area contributed by atoms with E-state index in [0.717, 1.165) is 25.1 Å². The number of hydrogen-bond donors (Lipinski definition) is 0. The van der Waals surface area contributed by atoms with Crippen LogP contribution in [0.3, 0.4) is 0 Å². The zero-order valence-electron chi connectivity index (χ0n) is 9.71. The summed E-state index contributed by atoms with van der Waals surface area (Å²) in [5.74, 6) is 0.774. The summed E-state index contributed by atoms with van der Waals surface area (Å²) in [6.45, 7) is 4.31. The molecule has 0 unspecified atom stereocenters. The van der Waals surface area contributed by atoms with Crippen molar-refractivity contribution in [3.63, 3.8) is 0 Å². The van der Waals surface area contributed by atoms with Crippen LogP contribution in [0.5, 0.6) is 0 Å². The van der Waals surface area contributed by atoms with Crippen LogP contribution in [-0.2, 0) is 0 Å². The van der Waals surface area contributed by atoms with Gasteiger partial charge in [0, 0.05) is 19.0 Å². The van der Waals surface area contributed by atoms with Crippen molar-refractivity contribution >= 4 is 11.6 Å². The molecule has 0 aromatic heterocycles. The first-order chi connectivity index (χ1) is 7.61. The van der Waals surface area contributed by atoms with Crippen molar-refractivity contribution in [2.24, 2.45) is 5.92 Å². The van der Waals surface area contributed by atoms with E-state index in [4.69, 9.17) is 11.6 Å². The van der Waals surface area contributed by atoms with Gasteiger partial charge in [-0.05, 0) is 30.7 Å². The summed E-state index contributed by atoms with van der Waals surface area (Å²) in [6.07, 6.45) is 1.14. The van der Waals surface area contributed by atoms with Crippen molar-refractivity contribution in [3.05, 3.63) is 34.6 Å². The van der Waals surface area contributed by atoms with Crippen LogP contribution in [0.4, 0.5) is 4.39 Å². The average molecular weight is 242 g/mol. The molecule has 2 atom stereocenters. The van der Waals surface area contributed by atoms with Gasteiger partial charge in [-0.15, -0.1) is 0 Å². The van der Waals surface area contributed by atoms with Crippen molar-refractivity contribution < 1.29 is 4.39 Å². The molecule has 0 N–H and O–H groups in total. The lowest BCUT2D eigenvalue weighted by molar-refractivity contribution is 0.392. The highest BCUT2D eigenvalue weighted by molar-refractivity contribution is 6.30. The summed E-state index contributed by atoms with van der Waals surface area (Å²) in [6, 6.07) is 5.21. The van der Waals surface area contributed by atoms with Gasteiger partial charge in [-0.1, -0.05) is 31.0 Å². The summed E-state index contributed by atoms with van der Waals surface area (Å²) in [4.78, 5) is 2.31. The lowest BCUT2D eigenvalue weighted by atomic mass is 9.87. The molecule has 3 heteroatoms. The second-order valence-electron chi connectivity index (χ2n) is 4.67. The molecule has 1 aliphatic heterocycles. The average Bonchev–Trinajstić information content (AvgIpc) is 2.63. The third kappa shape index (κ3) is 2.23. The summed E-state index contributed by atoms with van der Waals surface area (Å²) in [5.41, 5.74) is 1.08. The Morgan fingerprint density at radius 1 is 1.44 bits per heavy atom. The summed E-state index contributed by atoms with van der Waals surface area (Å²) >= 11 is 5.70. The molecule has 1 nitrogen and oxygen atoms in total. The number of hydrogen-bond acceptors (Lipinski definition) is 1. The molecular formula is C13H17ClFN. The van der Waals surface area contributed by atoms with Gasteiger partial charge in [0.1, 0.15) is 5.82 Å². The van der Waals surface area contributed by atoms with Crippen LogP contribution >= 0.6 is 11.6 Å². The van der Waals surface area contributed by atoms with Gasteiger partial charge in [0.2, 0.25) is 0 Å². The van der Waals surface area contributed by atoms with E-state index in [1.54, 1.807) is 12.1 Å². The number of benzene rings is 1. The fraction of sp³-hybridized carbons (Fsp3) is 0.538. The molecule has 16 heavy (non-hydrogen) atoms. The lowest BCUT2D eigenvalue weighted by Crippen LogP contribution is -2.13. The van der Waals surface area contributed by atoms with Crippen molar-refractivity contribution in [2.75, 3.05) is 20.1 Å². The van der Waals surface area contributed by atoms with Crippen molar-refractivity contribution in [1.29, 1.82) is 0 Å². The first-order valence-electron chi connectivity index (χ1n) is 5.75. The Kier molecular flexibility index (Phi) is 3.50. The Labute approximate surface area is 101 Å². The molecule has 1 aromatic carbocycles. The molecule has 1 fully saturated rings. The van der Waals surface area contributed by atoms with Gasteiger partial charge >= 0.3 is 0 Å². The number of likely N-dealkylation sites (N-methyl/N-ethyl adjacent to an activating group) is 1. The van der Waals surface area contributed by atoms with Gasteiger partial charge in [-0.3, -0.25) is 0 Å². The maximum Gasteiger partial charge on any atom is 0.142 e. The number of nitrogens with zero attached hydrogens (tertiary/aromatic N) is 1. The van der Waals surface area contributed by atoms with Crippen LogP contribution < -0.4 is 0 Å². The van der Waals surface area contributed by atoms with E-state index in [-0.39, 0.29) is 10.8 Å². The molecule has 1 saturated heterocycles. The fourth-order valence-corrected chi connectivity index (χ4v) is 2.74. The predicted molar refractivity (Wildman–Crippen MR) is 65.4 cm³/mol. The zero-order chi connectivity index (χ0) is 11.7. The smallest absolute Gasteiger partial charge is 0.142 e. The van der Waals surface area contributed by atoms with E-state index in [2.05, 4.69) is 18.9 Å². The SMILES string of the molecule is CC[C@@H]1CN(C)C[C@H]1c1ccc(Cl)c(F)c1. The summed E-state index contributed by atoms with van der Waals surface area (Å²) in [7, 11) is 2.12. The molecule has 1 aromatic rings. The van der Waals surface area contributed by atoms with Gasteiger partial charge in [-0.25, -0.2) is 4.39 Å². The lowest BCUT2D eigenvalue weighted by Gasteiger charge is -2.17. The van der Waals surface area contributed by atoms with Gasteiger partial charge in [-0.2, -0.15) is 0 Å². The number of likely N-dealkylation sites (tertiary alicyclic amines) is 1. The molecule has 1 heterocycles. The summed E-state index contributed by atoms with van der Waals surface area (Å²) < 4.78 is 13.4. The third-order valence-corrected chi connectivity index (χ3v) is 3.83. The fourth-order valence-electron chi connectivity index (χ4n) is 2.62. The van der Waals surface area contributed by atoms with E-state index in [0.29, 0.717) is 11.8 Å². The van der Waals surface area contributed by atoms with Crippen LogP contribution in [0.1, 0.15) is 24.8 Å². The molecular weight excluding hydrogens is 225 g/mol. The maximum atomic E-state index is 13.4. The monoisotopic (exact) mass is 241 g/mol. The normalized spacial score (nSPS) is 26.2. The van der Waals surface area contributed by atoms with Gasteiger partial charge < -0.3 is 4.90 Å². The first kappa shape index (κ1) is 11.9. The predicted octanol–water partition coefficient (Wildman–Crippen LogP) is 3.53. The molecule has 0 saturated carbocycles. The maximum absolute atomic E-state index is 13.4. The minimum absolute atomic E-state index is 0.211. The van der Waals surface area contributed by atoms with Gasteiger partial charge in [0.05, 0.1) is 5.02 Å². The topological polar surface area (TPSA) is 3.24 Å². The van der Waals surface area contributed by atoms with Crippen LogP contribution in [0.15, 0.2) is 18.2 Å². The Bertz CT molecular complexity index is 380. The van der Waals surface area contributed by atoms with E-state index in [1.165, 1.54) is 0 Å². The van der Waals surface area contributed by atoms with Crippen LogP contribution in [0.25, 0.3) is 0 Å². The highest BCUT2D eigenvalue weighted by Crippen LogP contribution is 2.34. The van der Waals surface area contributed by atoms with Crippen molar-refractivity contribution in [1.82, 2.24) is 4.90 Å². The van der Waals surface area contributed by atoms with Crippen LogP contribution in [0, 0.1) is 11.7 Å². The first-order valence-corrected chi connectivity index (χ1v) is 6.13. The van der Waals surface area contributed by atoms with Gasteiger partial charge in [0.25, 0.3) is 0 Å². The van der Waals surface area contributed by atoms with E-state index in [9.17, 15) is 4.39 Å². The molecule has 1 aliphatic rings. The van der Waals surface area contributed by atoms with Crippen LogP contribution in [0.2, 0.25) is 5.02 Å². The molecule has 2 rings (SSSR count). The number of halogens is 2. The molecule has 0 spiro atoms. The van der Waals surface area contributed by atoms with E-state index < -0.39 is 0 Å². The minimum atomic E-state index is -0.302. The highest BCUT2D eigenvalue weighted by atomic mass is 35.5. The second kappa shape index (κ2) is 4.72. The molecule has 0 radical (unpaired) electrons. The molecule has 88 valence electrons. The van der Waals surface area contributed by atoms with Crippen molar-refractivity contribution in [3.8, 4) is 0 Å². The van der Waals surface area contributed by atoms with E-state index in [1.807, 2.05) is 6.07 Å². The highest BCUT2D eigenvalue weighted by Gasteiger charge is 2.30. The van der Waals surface area contributed by atoms with Gasteiger partial charge in [0.15, 0.2) is 0 Å². The molecule has 0 aliphatic carbocycles. The largest absolute Gasteiger partial charge is 0.305 e. The van der Waals surface area contributed by atoms with Crippen molar-refractivity contribution in [2.45, 2.75) is 19.3 Å². The standard InChI is InChI=1S/C13H17ClFN/c1-3-9-7-16(2)8-11(9)10-4-5-12(14)13(15)6-10/h4-6,9,11H,3,7-8H2,1-2H3/t9-,11-/m1/s1. The molecule has 0 bridgehead atoms. The minimum Gasteiger partial charge on any atom is -0.305 e. The Morgan fingerprint density at radius 2 is 2.19 bits per heavy atom. The second-order valence-corrected chi connectivity index (χ2v) is 5.08. The molecule has 0 amide bonds. The Hall–Kier alpha value is -0.600. The quantitative estimate of drug-likeness (QED) is 0.766. The summed E-state index contributed by atoms with van der Waals surface area (Å²) in [5, 5.41) is 0.211. The van der Waals surface area contributed by atoms with Crippen LogP contribution in [-0.4, -0.2) is 25.0 Å².